The quantitative estimate of drug-likeness (QED) is 0.675. The number of carbonyl (C=O) groups is 1. The molecule has 3 rings (SSSR count). The maximum atomic E-state index is 13.4. The van der Waals surface area contributed by atoms with Gasteiger partial charge in [0, 0.05) is 5.56 Å². The topological polar surface area (TPSA) is 69.2 Å². The molecule has 0 aromatic heterocycles. The van der Waals surface area contributed by atoms with Crippen molar-refractivity contribution in [3.63, 3.8) is 0 Å². The van der Waals surface area contributed by atoms with E-state index in [4.69, 9.17) is 14.2 Å². The number of para-hydroxylation sites is 1. The van der Waals surface area contributed by atoms with Crippen molar-refractivity contribution in [3.05, 3.63) is 53.8 Å². The van der Waals surface area contributed by atoms with Crippen LogP contribution in [0.1, 0.15) is 12.5 Å². The van der Waals surface area contributed by atoms with Crippen molar-refractivity contribution in [2.24, 2.45) is 5.10 Å². The fourth-order valence-corrected chi connectivity index (χ4v) is 2.07. The lowest BCUT2D eigenvalue weighted by atomic mass is 10.1. The number of rotatable bonds is 5. The number of amides is 1. The van der Waals surface area contributed by atoms with E-state index in [9.17, 15) is 9.18 Å². The molecule has 0 unspecified atom stereocenters. The monoisotopic (exact) mass is 330 g/mol. The van der Waals surface area contributed by atoms with Gasteiger partial charge in [-0.15, -0.1) is 0 Å². The van der Waals surface area contributed by atoms with Crippen LogP contribution in [0.25, 0.3) is 0 Å². The normalized spacial score (nSPS) is 12.8. The minimum Gasteiger partial charge on any atom is -0.481 e. The maximum Gasteiger partial charge on any atom is 0.277 e. The second-order valence-corrected chi connectivity index (χ2v) is 5.02. The molecule has 0 aliphatic carbocycles. The number of nitrogens with zero attached hydrogens (tertiary/aromatic N) is 1. The highest BCUT2D eigenvalue weighted by Crippen LogP contribution is 2.32. The Bertz CT molecular complexity index is 792. The molecular weight excluding hydrogens is 315 g/mol. The van der Waals surface area contributed by atoms with Crippen LogP contribution in [0, 0.1) is 5.82 Å². The molecule has 1 aliphatic heterocycles. The smallest absolute Gasteiger partial charge is 0.277 e. The van der Waals surface area contributed by atoms with Gasteiger partial charge < -0.3 is 14.2 Å². The van der Waals surface area contributed by atoms with Crippen LogP contribution in [-0.2, 0) is 4.79 Å². The minimum atomic E-state index is -0.523. The number of benzene rings is 2. The largest absolute Gasteiger partial charge is 0.481 e. The summed E-state index contributed by atoms with van der Waals surface area (Å²) in [6, 6.07) is 11.2. The number of hydrogen-bond acceptors (Lipinski definition) is 5. The summed E-state index contributed by atoms with van der Waals surface area (Å²) >= 11 is 0. The number of ether oxygens (including phenoxy) is 3. The van der Waals surface area contributed by atoms with Gasteiger partial charge in [0.05, 0.1) is 5.71 Å². The average Bonchev–Trinajstić information content (AvgIpc) is 3.06. The lowest BCUT2D eigenvalue weighted by Gasteiger charge is -2.06. The van der Waals surface area contributed by atoms with Gasteiger partial charge in [-0.1, -0.05) is 12.1 Å². The van der Waals surface area contributed by atoms with Crippen molar-refractivity contribution < 1.29 is 23.4 Å². The van der Waals surface area contributed by atoms with Crippen molar-refractivity contribution in [1.82, 2.24) is 5.43 Å². The van der Waals surface area contributed by atoms with Gasteiger partial charge in [0.1, 0.15) is 0 Å². The van der Waals surface area contributed by atoms with Crippen LogP contribution in [0.2, 0.25) is 0 Å². The van der Waals surface area contributed by atoms with E-state index in [1.165, 1.54) is 12.1 Å². The molecule has 7 heteroatoms. The minimum absolute atomic E-state index is 0.0177. The number of carbonyl (C=O) groups excluding carboxylic acids is 1. The molecule has 0 atom stereocenters. The molecule has 1 heterocycles. The molecule has 0 radical (unpaired) electrons. The van der Waals surface area contributed by atoms with E-state index in [-0.39, 0.29) is 19.1 Å². The highest BCUT2D eigenvalue weighted by Gasteiger charge is 2.14. The van der Waals surface area contributed by atoms with E-state index in [0.717, 1.165) is 5.56 Å². The Labute approximate surface area is 137 Å². The van der Waals surface area contributed by atoms with Gasteiger partial charge >= 0.3 is 0 Å². The fraction of sp³-hybridized carbons (Fsp3) is 0.176. The van der Waals surface area contributed by atoms with Crippen LogP contribution in [0.5, 0.6) is 17.2 Å². The van der Waals surface area contributed by atoms with E-state index < -0.39 is 11.7 Å². The summed E-state index contributed by atoms with van der Waals surface area (Å²) in [5.74, 6) is 0.318. The third-order valence-electron chi connectivity index (χ3n) is 3.33. The predicted octanol–water partition coefficient (Wildman–Crippen LogP) is 2.47. The van der Waals surface area contributed by atoms with Gasteiger partial charge in [-0.2, -0.15) is 5.10 Å². The van der Waals surface area contributed by atoms with Crippen LogP contribution < -0.4 is 19.6 Å². The van der Waals surface area contributed by atoms with E-state index in [0.29, 0.717) is 17.2 Å². The lowest BCUT2D eigenvalue weighted by Crippen LogP contribution is -2.25. The highest BCUT2D eigenvalue weighted by molar-refractivity contribution is 5.99. The molecule has 2 aromatic rings. The summed E-state index contributed by atoms with van der Waals surface area (Å²) in [4.78, 5) is 11.7. The molecule has 6 nitrogen and oxygen atoms in total. The third-order valence-corrected chi connectivity index (χ3v) is 3.33. The standard InChI is InChI=1S/C17H15FN2O4/c1-11(12-6-7-15-16(8-12)24-10-23-15)19-20-17(21)9-22-14-5-3-2-4-13(14)18/h2-8H,9-10H2,1H3,(H,20,21). The molecule has 0 bridgehead atoms. The molecule has 2 aromatic carbocycles. The Balaban J connectivity index is 1.56. The Kier molecular flexibility index (Phi) is 4.60. The first kappa shape index (κ1) is 15.8. The van der Waals surface area contributed by atoms with Crippen molar-refractivity contribution in [3.8, 4) is 17.2 Å². The number of hydrogen-bond donors (Lipinski definition) is 1. The number of fused-ring (bicyclic) bond motifs is 1. The van der Waals surface area contributed by atoms with Crippen LogP contribution in [0.15, 0.2) is 47.6 Å². The lowest BCUT2D eigenvalue weighted by molar-refractivity contribution is -0.123. The molecule has 24 heavy (non-hydrogen) atoms. The molecule has 0 saturated carbocycles. The van der Waals surface area contributed by atoms with Crippen LogP contribution in [0.4, 0.5) is 4.39 Å². The third kappa shape index (κ3) is 3.62. The number of halogens is 1. The van der Waals surface area contributed by atoms with Crippen molar-refractivity contribution >= 4 is 11.6 Å². The number of hydrazone groups is 1. The summed E-state index contributed by atoms with van der Waals surface area (Å²) in [5, 5.41) is 4.00. The molecule has 124 valence electrons. The fourth-order valence-electron chi connectivity index (χ4n) is 2.07. The average molecular weight is 330 g/mol. The molecule has 0 saturated heterocycles. The molecule has 0 fully saturated rings. The number of nitrogens with one attached hydrogen (secondary N) is 1. The predicted molar refractivity (Wildman–Crippen MR) is 84.8 cm³/mol. The van der Waals surface area contributed by atoms with Gasteiger partial charge in [0.2, 0.25) is 6.79 Å². The Hall–Kier alpha value is -3.09. The van der Waals surface area contributed by atoms with Gasteiger partial charge in [0.25, 0.3) is 5.91 Å². The summed E-state index contributed by atoms with van der Waals surface area (Å²) in [6.07, 6.45) is 0. The first-order valence-electron chi connectivity index (χ1n) is 7.24. The maximum absolute atomic E-state index is 13.4. The molecule has 0 spiro atoms. The van der Waals surface area contributed by atoms with E-state index in [1.54, 1.807) is 31.2 Å². The summed E-state index contributed by atoms with van der Waals surface area (Å²) in [5.41, 5.74) is 3.74. The van der Waals surface area contributed by atoms with Crippen LogP contribution in [-0.4, -0.2) is 25.0 Å². The van der Waals surface area contributed by atoms with Crippen LogP contribution >= 0.6 is 0 Å². The van der Waals surface area contributed by atoms with Crippen molar-refractivity contribution in [2.75, 3.05) is 13.4 Å². The van der Waals surface area contributed by atoms with Gasteiger partial charge in [-0.3, -0.25) is 4.79 Å². The Morgan fingerprint density at radius 2 is 2.04 bits per heavy atom. The van der Waals surface area contributed by atoms with Crippen molar-refractivity contribution in [2.45, 2.75) is 6.92 Å². The Morgan fingerprint density at radius 3 is 2.88 bits per heavy atom. The SMILES string of the molecule is CC(=NNC(=O)COc1ccccc1F)c1ccc2c(c1)OCO2. The first-order valence-corrected chi connectivity index (χ1v) is 7.24. The van der Waals surface area contributed by atoms with E-state index in [1.807, 2.05) is 6.07 Å². The molecule has 1 amide bonds. The summed E-state index contributed by atoms with van der Waals surface area (Å²) < 4.78 is 29.0. The molecule has 1 N–H and O–H groups in total. The second kappa shape index (κ2) is 6.99. The van der Waals surface area contributed by atoms with Gasteiger partial charge in [-0.25, -0.2) is 9.82 Å². The zero-order valence-electron chi connectivity index (χ0n) is 12.9. The summed E-state index contributed by atoms with van der Waals surface area (Å²) in [7, 11) is 0. The van der Waals surface area contributed by atoms with Gasteiger partial charge in [-0.05, 0) is 37.3 Å². The molecular formula is C17H15FN2O4. The van der Waals surface area contributed by atoms with Crippen LogP contribution in [0.3, 0.4) is 0 Å². The zero-order chi connectivity index (χ0) is 16.9. The first-order chi connectivity index (χ1) is 11.6. The molecule has 1 aliphatic rings. The van der Waals surface area contributed by atoms with Gasteiger partial charge in [0.15, 0.2) is 29.7 Å². The van der Waals surface area contributed by atoms with E-state index in [2.05, 4.69) is 10.5 Å². The van der Waals surface area contributed by atoms with E-state index >= 15 is 0 Å². The Morgan fingerprint density at radius 1 is 1.25 bits per heavy atom. The summed E-state index contributed by atoms with van der Waals surface area (Å²) in [6.45, 7) is 1.60. The highest BCUT2D eigenvalue weighted by atomic mass is 19.1. The van der Waals surface area contributed by atoms with Crippen molar-refractivity contribution in [1.29, 1.82) is 0 Å². The zero-order valence-corrected chi connectivity index (χ0v) is 12.9. The second-order valence-electron chi connectivity index (χ2n) is 5.02.